The molecule has 1 radical (unpaired) electrons. The molecule has 2 heteroatoms. The summed E-state index contributed by atoms with van der Waals surface area (Å²) in [5.74, 6) is 0. The quantitative estimate of drug-likeness (QED) is 0.515. The van der Waals surface area contributed by atoms with Crippen LogP contribution in [0.4, 0.5) is 0 Å². The molecule has 2 rings (SSSR count). The first-order valence-electron chi connectivity index (χ1n) is 4.19. The van der Waals surface area contributed by atoms with Crippen LogP contribution in [-0.2, 0) is 0 Å². The second-order valence-corrected chi connectivity index (χ2v) is 3.43. The van der Waals surface area contributed by atoms with Crippen LogP contribution in [0.15, 0.2) is 0 Å². The van der Waals surface area contributed by atoms with Gasteiger partial charge in [-0.3, -0.25) is 5.32 Å². The van der Waals surface area contributed by atoms with E-state index in [2.05, 4.69) is 17.1 Å². The van der Waals surface area contributed by atoms with E-state index in [4.69, 9.17) is 0 Å². The third-order valence-electron chi connectivity index (χ3n) is 2.71. The molecule has 1 aliphatic carbocycles. The molecule has 1 saturated heterocycles. The molecule has 0 amide bonds. The average molecular weight is 139 g/mol. The van der Waals surface area contributed by atoms with Gasteiger partial charge < -0.3 is 5.32 Å². The van der Waals surface area contributed by atoms with E-state index in [1.54, 1.807) is 0 Å². The lowest BCUT2D eigenvalue weighted by molar-refractivity contribution is 0.311. The van der Waals surface area contributed by atoms with Crippen molar-refractivity contribution in [3.8, 4) is 0 Å². The molecule has 0 atom stereocenters. The summed E-state index contributed by atoms with van der Waals surface area (Å²) >= 11 is 0. The highest BCUT2D eigenvalue weighted by molar-refractivity contribution is 4.99. The first kappa shape index (κ1) is 6.62. The Morgan fingerprint density at radius 3 is 2.60 bits per heavy atom. The summed E-state index contributed by atoms with van der Waals surface area (Å²) in [4.78, 5) is 0. The van der Waals surface area contributed by atoms with Crippen LogP contribution < -0.4 is 10.6 Å². The molecule has 0 unspecified atom stereocenters. The standard InChI is InChI=1S/C8H15N2/c1-2-4-8(5-3-1)6-9-7-10-8/h1,9-10H,2-7H2. The molecule has 2 nitrogen and oxygen atoms in total. The van der Waals surface area contributed by atoms with Gasteiger partial charge in [-0.05, 0) is 32.1 Å². The van der Waals surface area contributed by atoms with Crippen LogP contribution in [0.25, 0.3) is 0 Å². The van der Waals surface area contributed by atoms with Crippen molar-refractivity contribution < 1.29 is 0 Å². The van der Waals surface area contributed by atoms with E-state index in [1.165, 1.54) is 32.2 Å². The third-order valence-corrected chi connectivity index (χ3v) is 2.71. The zero-order valence-electron chi connectivity index (χ0n) is 6.32. The number of nitrogens with one attached hydrogen (secondary N) is 2. The van der Waals surface area contributed by atoms with E-state index < -0.39 is 0 Å². The van der Waals surface area contributed by atoms with E-state index in [-0.39, 0.29) is 0 Å². The highest BCUT2D eigenvalue weighted by atomic mass is 15.2. The van der Waals surface area contributed by atoms with Crippen LogP contribution in [0.1, 0.15) is 25.7 Å². The predicted octanol–water partition coefficient (Wildman–Crippen LogP) is 0.654. The second kappa shape index (κ2) is 2.51. The summed E-state index contributed by atoms with van der Waals surface area (Å²) < 4.78 is 0. The monoisotopic (exact) mass is 139 g/mol. The van der Waals surface area contributed by atoms with Gasteiger partial charge in [0.25, 0.3) is 0 Å². The molecule has 57 valence electrons. The van der Waals surface area contributed by atoms with Gasteiger partial charge in [0.1, 0.15) is 0 Å². The summed E-state index contributed by atoms with van der Waals surface area (Å²) in [6.07, 6.45) is 7.68. The highest BCUT2D eigenvalue weighted by Crippen LogP contribution is 2.28. The summed E-state index contributed by atoms with van der Waals surface area (Å²) in [6.45, 7) is 2.20. The minimum atomic E-state index is 0.481. The summed E-state index contributed by atoms with van der Waals surface area (Å²) in [5, 5.41) is 6.90. The Morgan fingerprint density at radius 2 is 2.00 bits per heavy atom. The SMILES string of the molecule is [CH]1CCC2(CC1)CNCN2. The van der Waals surface area contributed by atoms with Crippen LogP contribution in [0.5, 0.6) is 0 Å². The first-order valence-corrected chi connectivity index (χ1v) is 4.19. The Hall–Kier alpha value is -0.0800. The summed E-state index contributed by atoms with van der Waals surface area (Å²) in [5.41, 5.74) is 0.481. The number of hydrogen-bond acceptors (Lipinski definition) is 2. The van der Waals surface area contributed by atoms with Gasteiger partial charge in [0.05, 0.1) is 0 Å². The molecule has 1 saturated carbocycles. The molecule has 1 heterocycles. The molecule has 2 aliphatic rings. The van der Waals surface area contributed by atoms with E-state index >= 15 is 0 Å². The van der Waals surface area contributed by atoms with Crippen LogP contribution in [0.3, 0.4) is 0 Å². The molecule has 2 fully saturated rings. The van der Waals surface area contributed by atoms with Gasteiger partial charge in [-0.1, -0.05) is 0 Å². The summed E-state index contributed by atoms with van der Waals surface area (Å²) in [6, 6.07) is 0. The van der Waals surface area contributed by atoms with Crippen LogP contribution in [0, 0.1) is 6.42 Å². The Kier molecular flexibility index (Phi) is 1.66. The number of hydrogen-bond donors (Lipinski definition) is 2. The van der Waals surface area contributed by atoms with Gasteiger partial charge in [0, 0.05) is 18.8 Å². The maximum Gasteiger partial charge on any atom is 0.0459 e. The van der Waals surface area contributed by atoms with Crippen molar-refractivity contribution in [1.29, 1.82) is 0 Å². The molecule has 10 heavy (non-hydrogen) atoms. The lowest BCUT2D eigenvalue weighted by Crippen LogP contribution is -2.44. The van der Waals surface area contributed by atoms with E-state index in [0.717, 1.165) is 6.67 Å². The van der Waals surface area contributed by atoms with Crippen molar-refractivity contribution in [1.82, 2.24) is 10.6 Å². The molecule has 1 aliphatic heterocycles. The molecule has 0 bridgehead atoms. The normalized spacial score (nSPS) is 31.2. The van der Waals surface area contributed by atoms with Crippen molar-refractivity contribution in [3.63, 3.8) is 0 Å². The highest BCUT2D eigenvalue weighted by Gasteiger charge is 2.33. The fourth-order valence-corrected chi connectivity index (χ4v) is 1.99. The molecule has 0 aromatic heterocycles. The molecule has 0 aromatic carbocycles. The van der Waals surface area contributed by atoms with Crippen molar-refractivity contribution >= 4 is 0 Å². The Labute approximate surface area is 62.4 Å². The third kappa shape index (κ3) is 1.06. The van der Waals surface area contributed by atoms with Crippen LogP contribution in [-0.4, -0.2) is 18.8 Å². The zero-order valence-corrected chi connectivity index (χ0v) is 6.32. The van der Waals surface area contributed by atoms with E-state index in [9.17, 15) is 0 Å². The Morgan fingerprint density at radius 1 is 1.20 bits per heavy atom. The smallest absolute Gasteiger partial charge is 0.0459 e. The molecular formula is C8H15N2. The topological polar surface area (TPSA) is 24.1 Å². The van der Waals surface area contributed by atoms with Gasteiger partial charge in [0.15, 0.2) is 0 Å². The zero-order chi connectivity index (χ0) is 6.86. The first-order chi connectivity index (χ1) is 4.91. The van der Waals surface area contributed by atoms with Crippen LogP contribution in [0.2, 0.25) is 0 Å². The lowest BCUT2D eigenvalue weighted by atomic mass is 9.83. The van der Waals surface area contributed by atoms with E-state index in [1.807, 2.05) is 0 Å². The minimum absolute atomic E-state index is 0.481. The Bertz CT molecular complexity index is 108. The predicted molar refractivity (Wildman–Crippen MR) is 41.5 cm³/mol. The fraction of sp³-hybridized carbons (Fsp3) is 0.875. The minimum Gasteiger partial charge on any atom is -0.303 e. The Balaban J connectivity index is 1.98. The maximum absolute atomic E-state index is 3.54. The molecule has 1 spiro atoms. The van der Waals surface area contributed by atoms with Gasteiger partial charge in [-0.25, -0.2) is 0 Å². The van der Waals surface area contributed by atoms with E-state index in [0.29, 0.717) is 5.54 Å². The molecule has 2 N–H and O–H groups in total. The molecule has 0 aromatic rings. The molecular weight excluding hydrogens is 124 g/mol. The van der Waals surface area contributed by atoms with Crippen LogP contribution >= 0.6 is 0 Å². The largest absolute Gasteiger partial charge is 0.303 e. The van der Waals surface area contributed by atoms with Crippen molar-refractivity contribution in [2.24, 2.45) is 0 Å². The second-order valence-electron chi connectivity index (χ2n) is 3.43. The van der Waals surface area contributed by atoms with Gasteiger partial charge in [0.2, 0.25) is 0 Å². The fourth-order valence-electron chi connectivity index (χ4n) is 1.99. The lowest BCUT2D eigenvalue weighted by Gasteiger charge is -2.32. The van der Waals surface area contributed by atoms with Crippen molar-refractivity contribution in [2.45, 2.75) is 31.2 Å². The number of rotatable bonds is 0. The van der Waals surface area contributed by atoms with Gasteiger partial charge in [-0.15, -0.1) is 0 Å². The average Bonchev–Trinajstić information content (AvgIpc) is 2.39. The maximum atomic E-state index is 3.54. The van der Waals surface area contributed by atoms with Crippen molar-refractivity contribution in [3.05, 3.63) is 6.42 Å². The van der Waals surface area contributed by atoms with Crippen molar-refractivity contribution in [2.75, 3.05) is 13.2 Å². The van der Waals surface area contributed by atoms with Gasteiger partial charge >= 0.3 is 0 Å². The summed E-state index contributed by atoms with van der Waals surface area (Å²) in [7, 11) is 0. The van der Waals surface area contributed by atoms with Gasteiger partial charge in [-0.2, -0.15) is 0 Å².